The fraction of sp³-hybridized carbons (Fsp3) is 0.426. The predicted molar refractivity (Wildman–Crippen MR) is 261 cm³/mol. The van der Waals surface area contributed by atoms with Crippen molar-refractivity contribution in [1.82, 2.24) is 36.9 Å². The second-order valence-electron chi connectivity index (χ2n) is 17.3. The zero-order chi connectivity index (χ0) is 49.5. The van der Waals surface area contributed by atoms with E-state index in [2.05, 4.69) is 36.9 Å². The number of fused-ring (bicyclic) bond motifs is 1. The van der Waals surface area contributed by atoms with Crippen LogP contribution >= 0.6 is 21.6 Å². The van der Waals surface area contributed by atoms with Gasteiger partial charge in [-0.3, -0.25) is 33.6 Å². The van der Waals surface area contributed by atoms with Crippen molar-refractivity contribution in [2.45, 2.75) is 112 Å². The summed E-state index contributed by atoms with van der Waals surface area (Å²) in [6, 6.07) is 12.8. The Bertz CT molecular complexity index is 2380. The summed E-state index contributed by atoms with van der Waals surface area (Å²) in [6.07, 6.45) is 1.00. The molecule has 21 heteroatoms. The van der Waals surface area contributed by atoms with Gasteiger partial charge < -0.3 is 64.3 Å². The zero-order valence-electron chi connectivity index (χ0n) is 38.2. The second kappa shape index (κ2) is 24.8. The summed E-state index contributed by atoms with van der Waals surface area (Å²) in [5.74, 6) is -5.97. The Balaban J connectivity index is 1.58. The molecule has 5 rings (SSSR count). The van der Waals surface area contributed by atoms with Crippen molar-refractivity contribution in [2.24, 2.45) is 17.2 Å². The van der Waals surface area contributed by atoms with E-state index >= 15 is 0 Å². The van der Waals surface area contributed by atoms with Gasteiger partial charge in [-0.15, -0.1) is 0 Å². The molecular formula is C47H62N10O9S2. The minimum atomic E-state index is -1.62. The number of benzene rings is 3. The Morgan fingerprint density at radius 2 is 1.40 bits per heavy atom. The highest BCUT2D eigenvalue weighted by Gasteiger charge is 2.40. The molecular weight excluding hydrogens is 913 g/mol. The van der Waals surface area contributed by atoms with Crippen molar-refractivity contribution < 1.29 is 43.8 Å². The van der Waals surface area contributed by atoms with Gasteiger partial charge in [0.15, 0.2) is 0 Å². The molecule has 1 aromatic heterocycles. The number of aromatic nitrogens is 1. The van der Waals surface area contributed by atoms with Crippen LogP contribution in [0.1, 0.15) is 56.7 Å². The van der Waals surface area contributed by atoms with Gasteiger partial charge in [-0.25, -0.2) is 0 Å². The molecule has 0 spiro atoms. The predicted octanol–water partition coefficient (Wildman–Crippen LogP) is 0.306. The molecule has 4 aromatic rings. The lowest BCUT2D eigenvalue weighted by atomic mass is 10.00. The van der Waals surface area contributed by atoms with Crippen molar-refractivity contribution in [3.8, 4) is 5.75 Å². The monoisotopic (exact) mass is 974 g/mol. The highest BCUT2D eigenvalue weighted by Crippen LogP contribution is 2.38. The first kappa shape index (κ1) is 52.8. The number of H-pyrrole nitrogens is 1. The maximum Gasteiger partial charge on any atom is 0.245 e. The SMILES string of the molecule is C[C@@H](O)[C@@H]1NC(=O)[C@H](CCCCN)NC(=O)[C@H](Cc2c[nH]c3ccccc23)NC(=O)[C@H](Cc2ccc(O)cc2)NC(=O)[C@@H](NC(=O)[C@H](N)Cc2ccccc2)CSSC(C)(C)[C@@H](C(N)=O)NC1=O. The van der Waals surface area contributed by atoms with Crippen LogP contribution in [0.4, 0.5) is 0 Å². The number of carbonyl (C=O) groups is 7. The highest BCUT2D eigenvalue weighted by atomic mass is 33.1. The van der Waals surface area contributed by atoms with E-state index in [1.54, 1.807) is 56.4 Å². The topological polar surface area (TPSA) is 326 Å². The number of para-hydroxylation sites is 1. The van der Waals surface area contributed by atoms with Crippen molar-refractivity contribution in [3.05, 3.63) is 102 Å². The number of carbonyl (C=O) groups excluding carboxylic acids is 7. The first-order valence-electron chi connectivity index (χ1n) is 22.3. The summed E-state index contributed by atoms with van der Waals surface area (Å²) in [7, 11) is 2.12. The van der Waals surface area contributed by atoms with Gasteiger partial charge in [0.1, 0.15) is 42.0 Å². The maximum absolute atomic E-state index is 14.7. The molecule has 0 aliphatic carbocycles. The average Bonchev–Trinajstić information content (AvgIpc) is 3.71. The molecule has 366 valence electrons. The van der Waals surface area contributed by atoms with Crippen LogP contribution in [0.2, 0.25) is 0 Å². The van der Waals surface area contributed by atoms with E-state index < -0.39 is 94.5 Å². The summed E-state index contributed by atoms with van der Waals surface area (Å²) < 4.78 is -1.21. The molecule has 1 saturated heterocycles. The Morgan fingerprint density at radius 3 is 2.06 bits per heavy atom. The number of nitrogens with one attached hydrogen (secondary N) is 7. The van der Waals surface area contributed by atoms with Crippen LogP contribution in [0.5, 0.6) is 5.75 Å². The molecule has 0 bridgehead atoms. The molecule has 3 aromatic carbocycles. The molecule has 2 heterocycles. The van der Waals surface area contributed by atoms with Crippen LogP contribution in [0.25, 0.3) is 10.9 Å². The Labute approximate surface area is 402 Å². The molecule has 0 unspecified atom stereocenters. The van der Waals surface area contributed by atoms with Gasteiger partial charge in [-0.1, -0.05) is 82.3 Å². The highest BCUT2D eigenvalue weighted by molar-refractivity contribution is 8.77. The Hall–Kier alpha value is -6.13. The summed E-state index contributed by atoms with van der Waals surface area (Å²) >= 11 is 0. The summed E-state index contributed by atoms with van der Waals surface area (Å²) in [4.78, 5) is 102. The number of aromatic hydroxyl groups is 1. The fourth-order valence-corrected chi connectivity index (χ4v) is 10.4. The normalized spacial score (nSPS) is 23.2. The Kier molecular flexibility index (Phi) is 19.2. The first-order chi connectivity index (χ1) is 32.4. The minimum Gasteiger partial charge on any atom is -0.508 e. The number of primary amides is 1. The van der Waals surface area contributed by atoms with Crippen molar-refractivity contribution in [1.29, 1.82) is 0 Å². The van der Waals surface area contributed by atoms with E-state index in [1.807, 2.05) is 30.3 Å². The number of phenols is 1. The van der Waals surface area contributed by atoms with Gasteiger partial charge in [0.25, 0.3) is 0 Å². The number of aliphatic hydroxyl groups excluding tert-OH is 1. The van der Waals surface area contributed by atoms with E-state index in [0.717, 1.165) is 38.1 Å². The fourth-order valence-electron chi connectivity index (χ4n) is 7.59. The lowest BCUT2D eigenvalue weighted by molar-refractivity contribution is -0.136. The number of hydrogen-bond donors (Lipinski definition) is 12. The maximum atomic E-state index is 14.7. The van der Waals surface area contributed by atoms with Crippen molar-refractivity contribution in [2.75, 3.05) is 12.3 Å². The number of amides is 7. The van der Waals surface area contributed by atoms with E-state index in [9.17, 15) is 43.8 Å². The number of nitrogens with two attached hydrogens (primary N) is 3. The summed E-state index contributed by atoms with van der Waals surface area (Å²) in [5.41, 5.74) is 20.7. The third-order valence-electron chi connectivity index (χ3n) is 11.4. The van der Waals surface area contributed by atoms with E-state index in [1.165, 1.54) is 19.1 Å². The summed E-state index contributed by atoms with van der Waals surface area (Å²) in [5, 5.41) is 37.8. The van der Waals surface area contributed by atoms with Gasteiger partial charge >= 0.3 is 0 Å². The third-order valence-corrected chi connectivity index (χ3v) is 14.7. The number of rotatable bonds is 14. The molecule has 1 aliphatic rings. The number of aliphatic hydroxyl groups is 1. The lowest BCUT2D eigenvalue weighted by Gasteiger charge is -2.34. The van der Waals surface area contributed by atoms with Gasteiger partial charge in [0.05, 0.1) is 12.1 Å². The smallest absolute Gasteiger partial charge is 0.245 e. The van der Waals surface area contributed by atoms with Gasteiger partial charge in [-0.05, 0) is 87.9 Å². The van der Waals surface area contributed by atoms with E-state index in [-0.39, 0.29) is 43.7 Å². The number of phenolic OH excluding ortho intramolecular Hbond substituents is 1. The Morgan fingerprint density at radius 1 is 0.779 bits per heavy atom. The van der Waals surface area contributed by atoms with Gasteiger partial charge in [-0.2, -0.15) is 0 Å². The van der Waals surface area contributed by atoms with Crippen LogP contribution < -0.4 is 49.1 Å². The standard InChI is InChI=1S/C47H62N10O9S2/c1-26(58)38-46(66)57-39(40(50)60)47(2,3)68-67-25-37(55-41(61)32(49)21-27-11-5-4-6-12-27)45(65)53-35(22-28-16-18-30(59)19-17-28)43(63)54-36(23-29-24-51-33-14-8-7-13-31(29)33)44(64)52-34(42(62)56-38)15-9-10-20-48/h4-8,11-14,16-19,24,26,32,34-39,51,58-59H,9-10,15,20-23,25,48-49H2,1-3H3,(H2,50,60)(H,52,64)(H,53,65)(H,54,63)(H,55,61)(H,56,62)(H,57,66)/t26-,32-,34+,35+,36+,37+,38+,39-/m1/s1. The third kappa shape index (κ3) is 14.9. The lowest BCUT2D eigenvalue weighted by Crippen LogP contribution is -2.63. The molecule has 0 radical (unpaired) electrons. The molecule has 19 nitrogen and oxygen atoms in total. The van der Waals surface area contributed by atoms with Crippen LogP contribution in [0.15, 0.2) is 85.1 Å². The van der Waals surface area contributed by atoms with Crippen LogP contribution in [-0.2, 0) is 52.8 Å². The molecule has 8 atom stereocenters. The minimum absolute atomic E-state index is 0.0380. The van der Waals surface area contributed by atoms with E-state index in [4.69, 9.17) is 17.2 Å². The first-order valence-corrected chi connectivity index (χ1v) is 24.6. The molecule has 0 saturated carbocycles. The van der Waals surface area contributed by atoms with Gasteiger partial charge in [0, 0.05) is 40.4 Å². The number of hydrogen-bond acceptors (Lipinski definition) is 13. The largest absolute Gasteiger partial charge is 0.508 e. The van der Waals surface area contributed by atoms with Crippen LogP contribution in [0, 0.1) is 0 Å². The van der Waals surface area contributed by atoms with Crippen molar-refractivity contribution >= 4 is 73.8 Å². The molecule has 68 heavy (non-hydrogen) atoms. The zero-order valence-corrected chi connectivity index (χ0v) is 39.8. The molecule has 1 aliphatic heterocycles. The summed E-state index contributed by atoms with van der Waals surface area (Å²) in [6.45, 7) is 4.77. The van der Waals surface area contributed by atoms with Crippen LogP contribution in [-0.4, -0.2) is 122 Å². The number of aromatic amines is 1. The average molecular weight is 975 g/mol. The quantitative estimate of drug-likeness (QED) is 0.0599. The second-order valence-corrected chi connectivity index (χ2v) is 20.3. The molecule has 15 N–H and O–H groups in total. The van der Waals surface area contributed by atoms with E-state index in [0.29, 0.717) is 24.0 Å². The molecule has 1 fully saturated rings. The van der Waals surface area contributed by atoms with Crippen LogP contribution in [0.3, 0.4) is 0 Å². The van der Waals surface area contributed by atoms with Gasteiger partial charge in [0.2, 0.25) is 41.4 Å². The number of unbranched alkanes of at least 4 members (excludes halogenated alkanes) is 1. The van der Waals surface area contributed by atoms with Crippen molar-refractivity contribution in [3.63, 3.8) is 0 Å². The molecule has 7 amide bonds.